The van der Waals surface area contributed by atoms with Crippen LogP contribution in [0.2, 0.25) is 0 Å². The highest BCUT2D eigenvalue weighted by atomic mass is 16.5. The molecule has 13 heavy (non-hydrogen) atoms. The first-order valence-corrected chi connectivity index (χ1v) is 4.53. The predicted molar refractivity (Wildman–Crippen MR) is 48.4 cm³/mol. The normalized spacial score (nSPS) is 29.2. The van der Waals surface area contributed by atoms with E-state index in [0.29, 0.717) is 6.10 Å². The Balaban J connectivity index is 2.16. The van der Waals surface area contributed by atoms with Crippen molar-refractivity contribution in [3.63, 3.8) is 0 Å². The smallest absolute Gasteiger partial charge is 0.249 e. The average molecular weight is 187 g/mol. The van der Waals surface area contributed by atoms with Gasteiger partial charge in [0.05, 0.1) is 6.10 Å². The molecule has 0 aromatic heterocycles. The molecule has 1 aliphatic rings. The second kappa shape index (κ2) is 4.58. The van der Waals surface area contributed by atoms with Crippen LogP contribution in [0.5, 0.6) is 0 Å². The lowest BCUT2D eigenvalue weighted by molar-refractivity contribution is -0.132. The maximum Gasteiger partial charge on any atom is 0.249 e. The highest BCUT2D eigenvalue weighted by Gasteiger charge is 2.30. The Kier molecular flexibility index (Phi) is 3.69. The van der Waals surface area contributed by atoms with Gasteiger partial charge in [-0.15, -0.1) is 0 Å². The number of ether oxygens (including phenoxy) is 2. The van der Waals surface area contributed by atoms with Crippen molar-refractivity contribution in [2.45, 2.75) is 38.0 Å². The molecule has 1 aliphatic carbocycles. The number of amides is 1. The third kappa shape index (κ3) is 2.67. The summed E-state index contributed by atoms with van der Waals surface area (Å²) in [5.74, 6) is -0.0398. The molecule has 0 saturated heterocycles. The summed E-state index contributed by atoms with van der Waals surface area (Å²) in [5, 5.41) is 2.89. The van der Waals surface area contributed by atoms with E-state index in [1.807, 2.05) is 0 Å². The summed E-state index contributed by atoms with van der Waals surface area (Å²) in [6.07, 6.45) is 1.79. The Morgan fingerprint density at radius 2 is 2.08 bits per heavy atom. The minimum absolute atomic E-state index is 0.0398. The zero-order valence-corrected chi connectivity index (χ0v) is 8.37. The molecule has 1 fully saturated rings. The highest BCUT2D eigenvalue weighted by molar-refractivity contribution is 5.80. The summed E-state index contributed by atoms with van der Waals surface area (Å²) in [6, 6.07) is 0.273. The van der Waals surface area contributed by atoms with Crippen LogP contribution in [0.15, 0.2) is 0 Å². The predicted octanol–water partition coefficient (Wildman–Crippen LogP) is 0.315. The molecule has 1 amide bonds. The van der Waals surface area contributed by atoms with Crippen molar-refractivity contribution >= 4 is 5.91 Å². The quantitative estimate of drug-likeness (QED) is 0.689. The minimum atomic E-state index is -0.360. The van der Waals surface area contributed by atoms with E-state index in [1.165, 1.54) is 7.11 Å². The van der Waals surface area contributed by atoms with E-state index < -0.39 is 0 Å². The van der Waals surface area contributed by atoms with Crippen LogP contribution in [0.3, 0.4) is 0 Å². The SMILES string of the molecule is COC1CC(NC(=O)C(C)OC)C1. The van der Waals surface area contributed by atoms with E-state index in [2.05, 4.69) is 5.32 Å². The molecular weight excluding hydrogens is 170 g/mol. The molecule has 1 saturated carbocycles. The van der Waals surface area contributed by atoms with Gasteiger partial charge in [-0.2, -0.15) is 0 Å². The van der Waals surface area contributed by atoms with E-state index in [0.717, 1.165) is 12.8 Å². The van der Waals surface area contributed by atoms with Gasteiger partial charge in [-0.05, 0) is 19.8 Å². The van der Waals surface area contributed by atoms with Crippen molar-refractivity contribution in [1.29, 1.82) is 0 Å². The van der Waals surface area contributed by atoms with Crippen LogP contribution in [0.25, 0.3) is 0 Å². The van der Waals surface area contributed by atoms with Crippen LogP contribution in [-0.2, 0) is 14.3 Å². The van der Waals surface area contributed by atoms with Gasteiger partial charge in [0.15, 0.2) is 0 Å². The molecule has 1 unspecified atom stereocenters. The zero-order chi connectivity index (χ0) is 9.84. The molecule has 76 valence electrons. The van der Waals surface area contributed by atoms with Gasteiger partial charge in [0, 0.05) is 20.3 Å². The third-order valence-corrected chi connectivity index (χ3v) is 2.50. The molecule has 0 spiro atoms. The fourth-order valence-corrected chi connectivity index (χ4v) is 1.30. The monoisotopic (exact) mass is 187 g/mol. The van der Waals surface area contributed by atoms with E-state index in [4.69, 9.17) is 9.47 Å². The molecule has 0 bridgehead atoms. The second-order valence-electron chi connectivity index (χ2n) is 3.41. The summed E-state index contributed by atoms with van der Waals surface area (Å²) in [5.41, 5.74) is 0. The zero-order valence-electron chi connectivity index (χ0n) is 8.37. The summed E-state index contributed by atoms with van der Waals surface area (Å²) in [7, 11) is 3.23. The maximum atomic E-state index is 11.3. The number of carbonyl (C=O) groups excluding carboxylic acids is 1. The Labute approximate surface area is 78.6 Å². The molecule has 1 N–H and O–H groups in total. The number of hydrogen-bond donors (Lipinski definition) is 1. The van der Waals surface area contributed by atoms with Gasteiger partial charge in [0.1, 0.15) is 6.10 Å². The molecule has 0 heterocycles. The number of methoxy groups -OCH3 is 2. The third-order valence-electron chi connectivity index (χ3n) is 2.50. The number of rotatable bonds is 4. The van der Waals surface area contributed by atoms with Crippen molar-refractivity contribution in [1.82, 2.24) is 5.32 Å². The lowest BCUT2D eigenvalue weighted by Gasteiger charge is -2.35. The van der Waals surface area contributed by atoms with E-state index in [9.17, 15) is 4.79 Å². The average Bonchev–Trinajstić information content (AvgIpc) is 2.08. The molecule has 1 atom stereocenters. The summed E-state index contributed by atoms with van der Waals surface area (Å²) in [6.45, 7) is 1.74. The molecule has 0 aliphatic heterocycles. The fourth-order valence-electron chi connectivity index (χ4n) is 1.30. The van der Waals surface area contributed by atoms with Gasteiger partial charge in [0.25, 0.3) is 0 Å². The molecule has 0 radical (unpaired) electrons. The van der Waals surface area contributed by atoms with E-state index >= 15 is 0 Å². The van der Waals surface area contributed by atoms with E-state index in [1.54, 1.807) is 14.0 Å². The molecule has 0 aromatic carbocycles. The Bertz CT molecular complexity index is 178. The lowest BCUT2D eigenvalue weighted by atomic mass is 9.89. The molecule has 4 heteroatoms. The minimum Gasteiger partial charge on any atom is -0.381 e. The molecule has 4 nitrogen and oxygen atoms in total. The number of nitrogens with one attached hydrogen (secondary N) is 1. The summed E-state index contributed by atoms with van der Waals surface area (Å²) < 4.78 is 9.99. The van der Waals surface area contributed by atoms with Crippen molar-refractivity contribution in [2.75, 3.05) is 14.2 Å². The Hall–Kier alpha value is -0.610. The van der Waals surface area contributed by atoms with Crippen LogP contribution < -0.4 is 5.32 Å². The number of carbonyl (C=O) groups is 1. The lowest BCUT2D eigenvalue weighted by Crippen LogP contribution is -2.50. The second-order valence-corrected chi connectivity index (χ2v) is 3.41. The van der Waals surface area contributed by atoms with E-state index in [-0.39, 0.29) is 18.1 Å². The number of hydrogen-bond acceptors (Lipinski definition) is 3. The van der Waals surface area contributed by atoms with Crippen molar-refractivity contribution < 1.29 is 14.3 Å². The van der Waals surface area contributed by atoms with Crippen molar-refractivity contribution in [3.8, 4) is 0 Å². The molecule has 0 aromatic rings. The first-order chi connectivity index (χ1) is 6.17. The first kappa shape index (κ1) is 10.5. The molecular formula is C9H17NO3. The summed E-state index contributed by atoms with van der Waals surface area (Å²) >= 11 is 0. The van der Waals surface area contributed by atoms with Gasteiger partial charge in [-0.1, -0.05) is 0 Å². The highest BCUT2D eigenvalue weighted by Crippen LogP contribution is 2.22. The summed E-state index contributed by atoms with van der Waals surface area (Å²) in [4.78, 5) is 11.3. The van der Waals surface area contributed by atoms with Gasteiger partial charge in [0.2, 0.25) is 5.91 Å². The van der Waals surface area contributed by atoms with Crippen molar-refractivity contribution in [3.05, 3.63) is 0 Å². The largest absolute Gasteiger partial charge is 0.381 e. The van der Waals surface area contributed by atoms with Crippen LogP contribution >= 0.6 is 0 Å². The Morgan fingerprint density at radius 1 is 1.46 bits per heavy atom. The van der Waals surface area contributed by atoms with Crippen LogP contribution in [-0.4, -0.2) is 38.4 Å². The fraction of sp³-hybridized carbons (Fsp3) is 0.889. The Morgan fingerprint density at radius 3 is 2.54 bits per heavy atom. The van der Waals surface area contributed by atoms with Gasteiger partial charge in [-0.3, -0.25) is 4.79 Å². The van der Waals surface area contributed by atoms with Crippen LogP contribution in [0, 0.1) is 0 Å². The topological polar surface area (TPSA) is 47.6 Å². The van der Waals surface area contributed by atoms with Gasteiger partial charge < -0.3 is 14.8 Å². The van der Waals surface area contributed by atoms with Crippen molar-refractivity contribution in [2.24, 2.45) is 0 Å². The van der Waals surface area contributed by atoms with Gasteiger partial charge in [-0.25, -0.2) is 0 Å². The molecule has 1 rings (SSSR count). The first-order valence-electron chi connectivity index (χ1n) is 4.53. The standard InChI is InChI=1S/C9H17NO3/c1-6(12-2)9(11)10-7-4-8(5-7)13-3/h6-8H,4-5H2,1-3H3,(H,10,11). The maximum absolute atomic E-state index is 11.3. The van der Waals surface area contributed by atoms with Crippen LogP contribution in [0.1, 0.15) is 19.8 Å². The van der Waals surface area contributed by atoms with Crippen LogP contribution in [0.4, 0.5) is 0 Å². The van der Waals surface area contributed by atoms with Gasteiger partial charge >= 0.3 is 0 Å².